The van der Waals surface area contributed by atoms with Crippen LogP contribution in [0.4, 0.5) is 0 Å². The maximum absolute atomic E-state index is 11.9. The summed E-state index contributed by atoms with van der Waals surface area (Å²) >= 11 is 3.30. The normalized spacial score (nSPS) is 10.2. The summed E-state index contributed by atoms with van der Waals surface area (Å²) in [6, 6.07) is 12.6. The smallest absolute Gasteiger partial charge is 0.344 e. The zero-order chi connectivity index (χ0) is 16.8. The average molecular weight is 377 g/mol. The Bertz CT molecular complexity index is 687. The molecule has 120 valence electrons. The summed E-state index contributed by atoms with van der Waals surface area (Å²) in [6.45, 7) is 3.30. The average Bonchev–Trinajstić information content (AvgIpc) is 2.53. The third kappa shape index (κ3) is 4.93. The summed E-state index contributed by atoms with van der Waals surface area (Å²) in [5.41, 5.74) is 2.39. The number of para-hydroxylation sites is 1. The Balaban J connectivity index is 1.83. The standard InChI is InChI=1S/C18H17BrO4/c1-12-4-3-5-13(2)18(12)23-11-17(21)22-10-16(20)14-6-8-15(19)9-7-14/h3-9H,10-11H2,1-2H3. The molecule has 0 unspecified atom stereocenters. The van der Waals surface area contributed by atoms with Crippen LogP contribution in [0.15, 0.2) is 46.9 Å². The zero-order valence-electron chi connectivity index (χ0n) is 13.0. The molecule has 0 aliphatic carbocycles. The lowest BCUT2D eigenvalue weighted by molar-refractivity contribution is -0.144. The van der Waals surface area contributed by atoms with Crippen molar-refractivity contribution in [2.24, 2.45) is 0 Å². The van der Waals surface area contributed by atoms with Gasteiger partial charge < -0.3 is 9.47 Å². The van der Waals surface area contributed by atoms with Crippen LogP contribution < -0.4 is 4.74 Å². The van der Waals surface area contributed by atoms with E-state index in [4.69, 9.17) is 9.47 Å². The van der Waals surface area contributed by atoms with E-state index in [1.165, 1.54) is 0 Å². The molecule has 0 heterocycles. The minimum Gasteiger partial charge on any atom is -0.481 e. The number of carbonyl (C=O) groups excluding carboxylic acids is 2. The van der Waals surface area contributed by atoms with Crippen LogP contribution in [0.2, 0.25) is 0 Å². The number of benzene rings is 2. The predicted octanol–water partition coefficient (Wildman–Crippen LogP) is 3.87. The number of hydrogen-bond acceptors (Lipinski definition) is 4. The van der Waals surface area contributed by atoms with Gasteiger partial charge in [0.2, 0.25) is 0 Å². The highest BCUT2D eigenvalue weighted by Gasteiger charge is 2.12. The van der Waals surface area contributed by atoms with E-state index in [0.29, 0.717) is 11.3 Å². The Morgan fingerprint density at radius 3 is 2.17 bits per heavy atom. The van der Waals surface area contributed by atoms with Crippen LogP contribution in [-0.2, 0) is 9.53 Å². The van der Waals surface area contributed by atoms with E-state index in [0.717, 1.165) is 15.6 Å². The molecule has 0 atom stereocenters. The lowest BCUT2D eigenvalue weighted by atomic mass is 10.1. The molecule has 0 amide bonds. The van der Waals surface area contributed by atoms with Gasteiger partial charge in [-0.1, -0.05) is 46.3 Å². The monoisotopic (exact) mass is 376 g/mol. The highest BCUT2D eigenvalue weighted by molar-refractivity contribution is 9.10. The van der Waals surface area contributed by atoms with Crippen LogP contribution in [0.3, 0.4) is 0 Å². The first kappa shape index (κ1) is 17.2. The molecule has 0 saturated heterocycles. The van der Waals surface area contributed by atoms with Crippen molar-refractivity contribution in [2.75, 3.05) is 13.2 Å². The first-order valence-corrected chi connectivity index (χ1v) is 7.90. The van der Waals surface area contributed by atoms with Gasteiger partial charge in [-0.15, -0.1) is 0 Å². The van der Waals surface area contributed by atoms with Gasteiger partial charge in [0.1, 0.15) is 5.75 Å². The van der Waals surface area contributed by atoms with Crippen LogP contribution in [-0.4, -0.2) is 25.0 Å². The van der Waals surface area contributed by atoms with Crippen LogP contribution >= 0.6 is 15.9 Å². The maximum Gasteiger partial charge on any atom is 0.344 e. The number of ketones is 1. The molecule has 5 heteroatoms. The molecule has 2 aromatic rings. The fourth-order valence-electron chi connectivity index (χ4n) is 2.06. The zero-order valence-corrected chi connectivity index (χ0v) is 14.6. The summed E-state index contributed by atoms with van der Waals surface area (Å²) < 4.78 is 11.3. The van der Waals surface area contributed by atoms with E-state index < -0.39 is 5.97 Å². The van der Waals surface area contributed by atoms with Crippen LogP contribution in [0.5, 0.6) is 5.75 Å². The third-order valence-corrected chi connectivity index (χ3v) is 3.80. The number of Topliss-reactive ketones (excluding diaryl/α,β-unsaturated/α-hetero) is 1. The molecular weight excluding hydrogens is 360 g/mol. The molecule has 0 aromatic heterocycles. The van der Waals surface area contributed by atoms with Gasteiger partial charge in [0.25, 0.3) is 0 Å². The van der Waals surface area contributed by atoms with E-state index in [2.05, 4.69) is 15.9 Å². The van der Waals surface area contributed by atoms with E-state index in [1.54, 1.807) is 24.3 Å². The van der Waals surface area contributed by atoms with Gasteiger partial charge in [-0.25, -0.2) is 4.79 Å². The lowest BCUT2D eigenvalue weighted by Gasteiger charge is -2.11. The van der Waals surface area contributed by atoms with Gasteiger partial charge in [-0.3, -0.25) is 4.79 Å². The van der Waals surface area contributed by atoms with Crippen molar-refractivity contribution in [1.82, 2.24) is 0 Å². The molecule has 0 saturated carbocycles. The van der Waals surface area contributed by atoms with Gasteiger partial charge in [0.15, 0.2) is 19.0 Å². The van der Waals surface area contributed by atoms with Crippen LogP contribution in [0.25, 0.3) is 0 Å². The fraction of sp³-hybridized carbons (Fsp3) is 0.222. The third-order valence-electron chi connectivity index (χ3n) is 3.27. The van der Waals surface area contributed by atoms with Gasteiger partial charge >= 0.3 is 5.97 Å². The highest BCUT2D eigenvalue weighted by atomic mass is 79.9. The van der Waals surface area contributed by atoms with E-state index in [1.807, 2.05) is 32.0 Å². The summed E-state index contributed by atoms with van der Waals surface area (Å²) in [5, 5.41) is 0. The Morgan fingerprint density at radius 2 is 1.57 bits per heavy atom. The molecule has 4 nitrogen and oxygen atoms in total. The van der Waals surface area contributed by atoms with E-state index in [-0.39, 0.29) is 19.0 Å². The number of rotatable bonds is 6. The number of aryl methyl sites for hydroxylation is 2. The van der Waals surface area contributed by atoms with Crippen LogP contribution in [0.1, 0.15) is 21.5 Å². The number of carbonyl (C=O) groups is 2. The summed E-state index contributed by atoms with van der Waals surface area (Å²) in [5.74, 6) is -0.153. The van der Waals surface area contributed by atoms with E-state index in [9.17, 15) is 9.59 Å². The van der Waals surface area contributed by atoms with Gasteiger partial charge in [-0.2, -0.15) is 0 Å². The van der Waals surface area contributed by atoms with Crippen molar-refractivity contribution >= 4 is 27.7 Å². The molecule has 0 bridgehead atoms. The molecule has 0 aliphatic heterocycles. The topological polar surface area (TPSA) is 52.6 Å². The Labute approximate surface area is 143 Å². The second-order valence-corrected chi connectivity index (χ2v) is 6.02. The second kappa shape index (κ2) is 7.92. The highest BCUT2D eigenvalue weighted by Crippen LogP contribution is 2.22. The molecule has 2 rings (SSSR count). The first-order chi connectivity index (χ1) is 11.0. The van der Waals surface area contributed by atoms with Crippen molar-refractivity contribution in [3.63, 3.8) is 0 Å². The van der Waals surface area contributed by atoms with Gasteiger partial charge in [0.05, 0.1) is 0 Å². The number of ether oxygens (including phenoxy) is 2. The quantitative estimate of drug-likeness (QED) is 0.567. The lowest BCUT2D eigenvalue weighted by Crippen LogP contribution is -2.20. The summed E-state index contributed by atoms with van der Waals surface area (Å²) in [6.07, 6.45) is 0. The SMILES string of the molecule is Cc1cccc(C)c1OCC(=O)OCC(=O)c1ccc(Br)cc1. The van der Waals surface area contributed by atoms with Crippen molar-refractivity contribution < 1.29 is 19.1 Å². The van der Waals surface area contributed by atoms with Crippen molar-refractivity contribution in [2.45, 2.75) is 13.8 Å². The number of hydrogen-bond donors (Lipinski definition) is 0. The van der Waals surface area contributed by atoms with Gasteiger partial charge in [0, 0.05) is 10.0 Å². The fourth-order valence-corrected chi connectivity index (χ4v) is 2.33. The number of halogens is 1. The molecule has 0 spiro atoms. The minimum absolute atomic E-state index is 0.223. The predicted molar refractivity (Wildman–Crippen MR) is 90.8 cm³/mol. The Hall–Kier alpha value is -2.14. The van der Waals surface area contributed by atoms with Crippen LogP contribution in [0, 0.1) is 13.8 Å². The van der Waals surface area contributed by atoms with Gasteiger partial charge in [-0.05, 0) is 37.1 Å². The first-order valence-electron chi connectivity index (χ1n) is 7.11. The molecular formula is C18H17BrO4. The maximum atomic E-state index is 11.9. The molecule has 0 N–H and O–H groups in total. The number of esters is 1. The Morgan fingerprint density at radius 1 is 0.957 bits per heavy atom. The Kier molecular flexibility index (Phi) is 5.93. The summed E-state index contributed by atoms with van der Waals surface area (Å²) in [7, 11) is 0. The van der Waals surface area contributed by atoms with Crippen molar-refractivity contribution in [3.8, 4) is 5.75 Å². The largest absolute Gasteiger partial charge is 0.481 e. The van der Waals surface area contributed by atoms with Crippen molar-refractivity contribution in [1.29, 1.82) is 0 Å². The molecule has 2 aromatic carbocycles. The molecule has 0 radical (unpaired) electrons. The minimum atomic E-state index is -0.571. The summed E-state index contributed by atoms with van der Waals surface area (Å²) in [4.78, 5) is 23.6. The van der Waals surface area contributed by atoms with Crippen molar-refractivity contribution in [3.05, 3.63) is 63.6 Å². The second-order valence-electron chi connectivity index (χ2n) is 5.10. The molecule has 23 heavy (non-hydrogen) atoms. The molecule has 0 aliphatic rings. The molecule has 0 fully saturated rings. The van der Waals surface area contributed by atoms with E-state index >= 15 is 0 Å².